The van der Waals surface area contributed by atoms with Gasteiger partial charge in [-0.3, -0.25) is 9.59 Å². The average Bonchev–Trinajstić information content (AvgIpc) is 2.24. The Morgan fingerprint density at radius 1 is 1.50 bits per heavy atom. The predicted molar refractivity (Wildman–Crippen MR) is 58.6 cm³/mol. The number of aromatic nitrogens is 1. The fourth-order valence-corrected chi connectivity index (χ4v) is 1.24. The van der Waals surface area contributed by atoms with Crippen LogP contribution in [0.4, 0.5) is 4.39 Å². The fourth-order valence-electron chi connectivity index (χ4n) is 1.24. The predicted octanol–water partition coefficient (Wildman–Crippen LogP) is 0.904. The molecule has 4 nitrogen and oxygen atoms in total. The van der Waals surface area contributed by atoms with E-state index in [1.54, 1.807) is 0 Å². The molecule has 0 radical (unpaired) electrons. The monoisotopic (exact) mass is 226 g/mol. The number of carbonyl (C=O) groups excluding carboxylic acids is 1. The van der Waals surface area contributed by atoms with Crippen molar-refractivity contribution in [2.75, 3.05) is 6.54 Å². The Labute approximate surface area is 93.1 Å². The molecule has 0 saturated heterocycles. The maximum absolute atomic E-state index is 12.8. The molecule has 16 heavy (non-hydrogen) atoms. The van der Waals surface area contributed by atoms with Gasteiger partial charge in [0.25, 0.3) is 5.56 Å². The SMILES string of the molecule is CCCCNC(=O)Cn1cc(F)ccc1=O. The maximum atomic E-state index is 12.8. The van der Waals surface area contributed by atoms with E-state index in [0.29, 0.717) is 6.54 Å². The standard InChI is InChI=1S/C11H15FN2O2/c1-2-3-6-13-10(15)8-14-7-9(12)4-5-11(14)16/h4-5,7H,2-3,6,8H2,1H3,(H,13,15). The smallest absolute Gasteiger partial charge is 0.251 e. The minimum absolute atomic E-state index is 0.139. The lowest BCUT2D eigenvalue weighted by Crippen LogP contribution is -2.32. The number of pyridine rings is 1. The first kappa shape index (κ1) is 12.4. The topological polar surface area (TPSA) is 51.1 Å². The van der Waals surface area contributed by atoms with Crippen molar-refractivity contribution in [3.63, 3.8) is 0 Å². The van der Waals surface area contributed by atoms with E-state index in [4.69, 9.17) is 0 Å². The van der Waals surface area contributed by atoms with Gasteiger partial charge in [0.05, 0.1) is 0 Å². The highest BCUT2D eigenvalue weighted by molar-refractivity contribution is 5.75. The molecule has 0 saturated carbocycles. The molecule has 0 bridgehead atoms. The molecule has 5 heteroatoms. The molecule has 1 heterocycles. The van der Waals surface area contributed by atoms with E-state index in [1.807, 2.05) is 6.92 Å². The third-order valence-electron chi connectivity index (χ3n) is 2.11. The molecule has 1 aromatic rings. The number of nitrogens with one attached hydrogen (secondary N) is 1. The summed E-state index contributed by atoms with van der Waals surface area (Å²) < 4.78 is 13.9. The Balaban J connectivity index is 2.56. The number of halogens is 1. The summed E-state index contributed by atoms with van der Waals surface area (Å²) in [4.78, 5) is 22.6. The molecule has 0 spiro atoms. The van der Waals surface area contributed by atoms with Crippen LogP contribution in [-0.2, 0) is 11.3 Å². The van der Waals surface area contributed by atoms with Crippen molar-refractivity contribution >= 4 is 5.91 Å². The molecule has 0 fully saturated rings. The molecule has 0 aromatic carbocycles. The van der Waals surface area contributed by atoms with Gasteiger partial charge in [-0.25, -0.2) is 4.39 Å². The third kappa shape index (κ3) is 3.84. The molecule has 1 rings (SSSR count). The van der Waals surface area contributed by atoms with E-state index in [2.05, 4.69) is 5.32 Å². The molecule has 1 aromatic heterocycles. The van der Waals surface area contributed by atoms with E-state index < -0.39 is 5.82 Å². The summed E-state index contributed by atoms with van der Waals surface area (Å²) >= 11 is 0. The molecular formula is C11H15FN2O2. The summed E-state index contributed by atoms with van der Waals surface area (Å²) in [6, 6.07) is 2.18. The largest absolute Gasteiger partial charge is 0.355 e. The Hall–Kier alpha value is -1.65. The molecule has 0 atom stereocenters. The fraction of sp³-hybridized carbons (Fsp3) is 0.455. The third-order valence-corrected chi connectivity index (χ3v) is 2.11. The van der Waals surface area contributed by atoms with Gasteiger partial charge < -0.3 is 9.88 Å². The van der Waals surface area contributed by atoms with Crippen LogP contribution in [-0.4, -0.2) is 17.0 Å². The number of unbranched alkanes of at least 4 members (excludes halogenated alkanes) is 1. The van der Waals surface area contributed by atoms with Gasteiger partial charge in [0.2, 0.25) is 5.91 Å². The van der Waals surface area contributed by atoms with Gasteiger partial charge in [0.1, 0.15) is 12.4 Å². The highest BCUT2D eigenvalue weighted by atomic mass is 19.1. The van der Waals surface area contributed by atoms with Gasteiger partial charge in [-0.05, 0) is 12.5 Å². The van der Waals surface area contributed by atoms with Gasteiger partial charge in [0.15, 0.2) is 0 Å². The first-order valence-electron chi connectivity index (χ1n) is 5.26. The van der Waals surface area contributed by atoms with Gasteiger partial charge >= 0.3 is 0 Å². The summed E-state index contributed by atoms with van der Waals surface area (Å²) in [7, 11) is 0. The molecule has 0 aliphatic rings. The van der Waals surface area contributed by atoms with Gasteiger partial charge in [-0.15, -0.1) is 0 Å². The van der Waals surface area contributed by atoms with E-state index in [0.717, 1.165) is 35.7 Å². The van der Waals surface area contributed by atoms with Crippen LogP contribution in [0, 0.1) is 5.82 Å². The Bertz CT molecular complexity index is 415. The summed E-state index contributed by atoms with van der Waals surface area (Å²) in [6.07, 6.45) is 2.91. The van der Waals surface area contributed by atoms with Crippen LogP contribution >= 0.6 is 0 Å². The molecule has 0 unspecified atom stereocenters. The molecule has 88 valence electrons. The summed E-state index contributed by atoms with van der Waals surface area (Å²) in [5.74, 6) is -0.804. The van der Waals surface area contributed by atoms with Gasteiger partial charge in [0, 0.05) is 18.8 Å². The van der Waals surface area contributed by atoms with Crippen molar-refractivity contribution in [3.8, 4) is 0 Å². The van der Waals surface area contributed by atoms with Crippen molar-refractivity contribution < 1.29 is 9.18 Å². The van der Waals surface area contributed by atoms with Crippen LogP contribution in [0.25, 0.3) is 0 Å². The molecule has 0 aliphatic carbocycles. The minimum atomic E-state index is -0.527. The lowest BCUT2D eigenvalue weighted by molar-refractivity contribution is -0.121. The number of nitrogens with zero attached hydrogens (tertiary/aromatic N) is 1. The number of rotatable bonds is 5. The molecule has 1 amide bonds. The van der Waals surface area contributed by atoms with E-state index >= 15 is 0 Å². The number of amides is 1. The lowest BCUT2D eigenvalue weighted by atomic mass is 10.3. The molecule has 0 aliphatic heterocycles. The van der Waals surface area contributed by atoms with Crippen molar-refractivity contribution in [2.45, 2.75) is 26.3 Å². The van der Waals surface area contributed by atoms with Crippen LogP contribution in [0.2, 0.25) is 0 Å². The highest BCUT2D eigenvalue weighted by Gasteiger charge is 2.04. The second-order valence-corrected chi connectivity index (χ2v) is 3.52. The highest BCUT2D eigenvalue weighted by Crippen LogP contribution is 1.91. The van der Waals surface area contributed by atoms with Crippen LogP contribution in [0.1, 0.15) is 19.8 Å². The van der Waals surface area contributed by atoms with E-state index in [-0.39, 0.29) is 18.0 Å². The lowest BCUT2D eigenvalue weighted by Gasteiger charge is -2.06. The zero-order chi connectivity index (χ0) is 12.0. The van der Waals surface area contributed by atoms with E-state index in [1.165, 1.54) is 0 Å². The van der Waals surface area contributed by atoms with Crippen molar-refractivity contribution in [1.82, 2.24) is 9.88 Å². The quantitative estimate of drug-likeness (QED) is 0.758. The summed E-state index contributed by atoms with van der Waals surface area (Å²) in [5.41, 5.74) is -0.382. The van der Waals surface area contributed by atoms with Crippen LogP contribution in [0.5, 0.6) is 0 Å². The number of hydrogen-bond donors (Lipinski definition) is 1. The molecular weight excluding hydrogens is 211 g/mol. The van der Waals surface area contributed by atoms with Crippen LogP contribution in [0.3, 0.4) is 0 Å². The summed E-state index contributed by atoms with van der Waals surface area (Å²) in [6.45, 7) is 2.46. The minimum Gasteiger partial charge on any atom is -0.355 e. The van der Waals surface area contributed by atoms with Crippen molar-refractivity contribution in [3.05, 3.63) is 34.5 Å². The second-order valence-electron chi connectivity index (χ2n) is 3.52. The van der Waals surface area contributed by atoms with Crippen LogP contribution in [0.15, 0.2) is 23.1 Å². The average molecular weight is 226 g/mol. The first-order chi connectivity index (χ1) is 7.63. The van der Waals surface area contributed by atoms with Crippen molar-refractivity contribution in [2.24, 2.45) is 0 Å². The zero-order valence-electron chi connectivity index (χ0n) is 9.20. The Morgan fingerprint density at radius 2 is 2.25 bits per heavy atom. The Morgan fingerprint density at radius 3 is 2.94 bits per heavy atom. The number of carbonyl (C=O) groups is 1. The second kappa shape index (κ2) is 6.05. The van der Waals surface area contributed by atoms with E-state index in [9.17, 15) is 14.0 Å². The van der Waals surface area contributed by atoms with Crippen LogP contribution < -0.4 is 10.9 Å². The summed E-state index contributed by atoms with van der Waals surface area (Å²) in [5, 5.41) is 2.66. The normalized spacial score (nSPS) is 10.1. The van der Waals surface area contributed by atoms with Crippen molar-refractivity contribution in [1.29, 1.82) is 0 Å². The zero-order valence-corrected chi connectivity index (χ0v) is 9.20. The Kier molecular flexibility index (Phi) is 4.69. The van der Waals surface area contributed by atoms with Gasteiger partial charge in [-0.2, -0.15) is 0 Å². The maximum Gasteiger partial charge on any atom is 0.251 e. The molecule has 1 N–H and O–H groups in total. The first-order valence-corrected chi connectivity index (χ1v) is 5.26. The number of hydrogen-bond acceptors (Lipinski definition) is 2. The van der Waals surface area contributed by atoms with Gasteiger partial charge in [-0.1, -0.05) is 13.3 Å².